The summed E-state index contributed by atoms with van der Waals surface area (Å²) in [5.41, 5.74) is -0.983. The zero-order valence-electron chi connectivity index (χ0n) is 11.3. The van der Waals surface area contributed by atoms with Crippen LogP contribution in [0.3, 0.4) is 0 Å². The number of rotatable bonds is 1. The van der Waals surface area contributed by atoms with E-state index in [0.29, 0.717) is 23.8 Å². The first-order valence-corrected chi connectivity index (χ1v) is 6.82. The monoisotopic (exact) mass is 250 g/mol. The number of aliphatic hydroxyl groups is 2. The van der Waals surface area contributed by atoms with E-state index < -0.39 is 11.7 Å². The largest absolute Gasteiger partial charge is 0.390 e. The molecule has 0 unspecified atom stereocenters. The van der Waals surface area contributed by atoms with Crippen molar-refractivity contribution < 1.29 is 15.0 Å². The fourth-order valence-corrected chi connectivity index (χ4v) is 4.88. The molecule has 2 fully saturated rings. The van der Waals surface area contributed by atoms with Crippen LogP contribution < -0.4 is 0 Å². The maximum Gasteiger partial charge on any atom is 0.148 e. The molecule has 3 rings (SSSR count). The van der Waals surface area contributed by atoms with Crippen molar-refractivity contribution in [2.75, 3.05) is 0 Å². The minimum Gasteiger partial charge on any atom is -0.390 e. The predicted octanol–water partition coefficient (Wildman–Crippen LogP) is 1.68. The first kappa shape index (κ1) is 12.4. The smallest absolute Gasteiger partial charge is 0.148 e. The van der Waals surface area contributed by atoms with Crippen LogP contribution in [0.5, 0.6) is 0 Å². The second-order valence-corrected chi connectivity index (χ2v) is 7.49. The van der Waals surface area contributed by atoms with E-state index in [1.807, 2.05) is 13.0 Å². The Morgan fingerprint density at radius 3 is 2.50 bits per heavy atom. The van der Waals surface area contributed by atoms with Crippen molar-refractivity contribution in [1.82, 2.24) is 0 Å². The van der Waals surface area contributed by atoms with Gasteiger partial charge in [0, 0.05) is 11.0 Å². The van der Waals surface area contributed by atoms with E-state index >= 15 is 0 Å². The number of aliphatic hydroxyl groups excluding tert-OH is 1. The Kier molecular flexibility index (Phi) is 2.24. The van der Waals surface area contributed by atoms with E-state index in [0.717, 1.165) is 19.1 Å². The number of hydrogen-bond acceptors (Lipinski definition) is 3. The average molecular weight is 250 g/mol. The molecule has 0 spiro atoms. The molecule has 0 aliphatic heterocycles. The Morgan fingerprint density at radius 1 is 1.28 bits per heavy atom. The van der Waals surface area contributed by atoms with Crippen molar-refractivity contribution in [3.8, 4) is 0 Å². The Labute approximate surface area is 108 Å². The SMILES string of the molecule is CC1(C)C[C@H]2C=C(C=O)[C@]3(O)[C@@H](O)C[C@]3(C)[C@H]2C1. The lowest BCUT2D eigenvalue weighted by atomic mass is 9.44. The van der Waals surface area contributed by atoms with Crippen molar-refractivity contribution in [2.24, 2.45) is 22.7 Å². The average Bonchev–Trinajstić information content (AvgIpc) is 2.59. The molecule has 5 atom stereocenters. The van der Waals surface area contributed by atoms with Crippen LogP contribution in [0.25, 0.3) is 0 Å². The maximum absolute atomic E-state index is 11.3. The maximum atomic E-state index is 11.3. The summed E-state index contributed by atoms with van der Waals surface area (Å²) in [6.07, 6.45) is 4.61. The summed E-state index contributed by atoms with van der Waals surface area (Å²) in [6, 6.07) is 0. The number of fused-ring (bicyclic) bond motifs is 3. The van der Waals surface area contributed by atoms with Gasteiger partial charge in [-0.15, -0.1) is 0 Å². The molecule has 0 saturated heterocycles. The zero-order chi connectivity index (χ0) is 13.3. The van der Waals surface area contributed by atoms with Crippen LogP contribution in [0.2, 0.25) is 0 Å². The van der Waals surface area contributed by atoms with E-state index in [-0.39, 0.29) is 10.8 Å². The topological polar surface area (TPSA) is 57.5 Å². The van der Waals surface area contributed by atoms with Gasteiger partial charge < -0.3 is 10.2 Å². The zero-order valence-corrected chi connectivity index (χ0v) is 11.3. The van der Waals surface area contributed by atoms with Gasteiger partial charge in [0.2, 0.25) is 0 Å². The second-order valence-electron chi connectivity index (χ2n) is 7.49. The Bertz CT molecular complexity index is 439. The molecule has 100 valence electrons. The molecule has 3 aliphatic rings. The highest BCUT2D eigenvalue weighted by Crippen LogP contribution is 2.67. The number of hydrogen-bond donors (Lipinski definition) is 2. The molecular weight excluding hydrogens is 228 g/mol. The molecule has 18 heavy (non-hydrogen) atoms. The number of allylic oxidation sites excluding steroid dienone is 1. The molecule has 3 heteroatoms. The summed E-state index contributed by atoms with van der Waals surface area (Å²) in [6.45, 7) is 6.53. The normalized spacial score (nSPS) is 52.9. The fourth-order valence-electron chi connectivity index (χ4n) is 4.88. The molecule has 3 nitrogen and oxygen atoms in total. The third-order valence-electron chi connectivity index (χ3n) is 5.83. The van der Waals surface area contributed by atoms with Crippen molar-refractivity contribution in [1.29, 1.82) is 0 Å². The Hall–Kier alpha value is -0.670. The van der Waals surface area contributed by atoms with Crippen LogP contribution in [-0.2, 0) is 4.79 Å². The Balaban J connectivity index is 2.09. The third-order valence-corrected chi connectivity index (χ3v) is 5.83. The quantitative estimate of drug-likeness (QED) is 0.696. The van der Waals surface area contributed by atoms with Crippen molar-refractivity contribution >= 4 is 6.29 Å². The summed E-state index contributed by atoms with van der Waals surface area (Å²) >= 11 is 0. The highest BCUT2D eigenvalue weighted by molar-refractivity contribution is 5.79. The second kappa shape index (κ2) is 3.26. The minimum absolute atomic E-state index is 0.259. The predicted molar refractivity (Wildman–Crippen MR) is 67.8 cm³/mol. The van der Waals surface area contributed by atoms with Gasteiger partial charge in [-0.25, -0.2) is 0 Å². The van der Waals surface area contributed by atoms with Crippen LogP contribution in [0.1, 0.15) is 40.0 Å². The van der Waals surface area contributed by atoms with Gasteiger partial charge in [-0.3, -0.25) is 4.79 Å². The molecule has 0 amide bonds. The van der Waals surface area contributed by atoms with Crippen LogP contribution in [0.4, 0.5) is 0 Å². The molecule has 0 aromatic rings. The molecule has 0 radical (unpaired) electrons. The summed E-state index contributed by atoms with van der Waals surface area (Å²) in [5.74, 6) is 0.752. The van der Waals surface area contributed by atoms with Crippen molar-refractivity contribution in [3.63, 3.8) is 0 Å². The molecule has 2 saturated carbocycles. The van der Waals surface area contributed by atoms with Gasteiger partial charge in [-0.1, -0.05) is 26.8 Å². The number of carbonyl (C=O) groups is 1. The van der Waals surface area contributed by atoms with Gasteiger partial charge in [0.15, 0.2) is 0 Å². The molecule has 0 bridgehead atoms. The van der Waals surface area contributed by atoms with Gasteiger partial charge >= 0.3 is 0 Å². The molecule has 2 N–H and O–H groups in total. The van der Waals surface area contributed by atoms with E-state index in [4.69, 9.17) is 0 Å². The Morgan fingerprint density at radius 2 is 1.94 bits per heavy atom. The molecule has 0 aromatic carbocycles. The van der Waals surface area contributed by atoms with E-state index in [9.17, 15) is 15.0 Å². The first-order valence-electron chi connectivity index (χ1n) is 6.82. The van der Waals surface area contributed by atoms with Crippen LogP contribution >= 0.6 is 0 Å². The third kappa shape index (κ3) is 1.19. The van der Waals surface area contributed by atoms with Crippen molar-refractivity contribution in [2.45, 2.75) is 51.7 Å². The van der Waals surface area contributed by atoms with Crippen molar-refractivity contribution in [3.05, 3.63) is 11.6 Å². The number of carbonyl (C=O) groups excluding carboxylic acids is 1. The molecule has 0 heterocycles. The first-order chi connectivity index (χ1) is 8.24. The highest BCUT2D eigenvalue weighted by Gasteiger charge is 2.70. The van der Waals surface area contributed by atoms with E-state index in [1.165, 1.54) is 0 Å². The van der Waals surface area contributed by atoms with Crippen LogP contribution in [-0.4, -0.2) is 28.2 Å². The summed E-state index contributed by atoms with van der Waals surface area (Å²) in [5, 5.41) is 20.8. The molecule has 3 aliphatic carbocycles. The fraction of sp³-hybridized carbons (Fsp3) is 0.800. The minimum atomic E-state index is -1.31. The van der Waals surface area contributed by atoms with Gasteiger partial charge in [-0.2, -0.15) is 0 Å². The number of aldehydes is 1. The van der Waals surface area contributed by atoms with Gasteiger partial charge in [0.1, 0.15) is 11.9 Å². The highest BCUT2D eigenvalue weighted by atomic mass is 16.4. The molecule has 0 aromatic heterocycles. The van der Waals surface area contributed by atoms with E-state index in [1.54, 1.807) is 0 Å². The van der Waals surface area contributed by atoms with Crippen LogP contribution in [0, 0.1) is 22.7 Å². The van der Waals surface area contributed by atoms with Crippen LogP contribution in [0.15, 0.2) is 11.6 Å². The van der Waals surface area contributed by atoms with E-state index in [2.05, 4.69) is 13.8 Å². The lowest BCUT2D eigenvalue weighted by Crippen LogP contribution is -2.71. The standard InChI is InChI=1S/C15H22O3/c1-13(2)5-9-4-10(8-16)15(18)12(17)7-14(15,3)11(9)6-13/h4,8-9,11-12,17-18H,5-7H2,1-3H3/t9-,11+,12+,14-,15+/m1/s1. The van der Waals surface area contributed by atoms with Gasteiger partial charge in [-0.05, 0) is 36.5 Å². The summed E-state index contributed by atoms with van der Waals surface area (Å²) in [4.78, 5) is 11.3. The summed E-state index contributed by atoms with van der Waals surface area (Å²) in [7, 11) is 0. The lowest BCUT2D eigenvalue weighted by molar-refractivity contribution is -0.247. The summed E-state index contributed by atoms with van der Waals surface area (Å²) < 4.78 is 0. The van der Waals surface area contributed by atoms with Gasteiger partial charge in [0.05, 0.1) is 6.10 Å². The molecular formula is C15H22O3. The lowest BCUT2D eigenvalue weighted by Gasteiger charge is -2.64. The van der Waals surface area contributed by atoms with Gasteiger partial charge in [0.25, 0.3) is 0 Å².